The number of hydrogen-bond donors (Lipinski definition) is 2. The molecule has 148 valence electrons. The fraction of sp³-hybridized carbons (Fsp3) is 0. The van der Waals surface area contributed by atoms with E-state index in [-0.39, 0.29) is 11.7 Å². The Morgan fingerprint density at radius 2 is 1.63 bits per heavy atom. The quantitative estimate of drug-likeness (QED) is 0.421. The highest BCUT2D eigenvalue weighted by Crippen LogP contribution is 2.21. The molecule has 30 heavy (non-hydrogen) atoms. The number of carbonyl (C=O) groups is 1. The zero-order valence-electron chi connectivity index (χ0n) is 15.6. The zero-order chi connectivity index (χ0) is 20.9. The predicted molar refractivity (Wildman–Crippen MR) is 117 cm³/mol. The predicted octanol–water partition coefficient (Wildman–Crippen LogP) is 5.93. The minimum absolute atomic E-state index is 0.223. The maximum absolute atomic E-state index is 13.4. The lowest BCUT2D eigenvalue weighted by Gasteiger charge is -2.09. The standard InChI is InChI=1S/C23H16ClFN4O/c24-17-6-10-20(11-7-17)28-23(30)15-4-8-19(9-5-15)27-21-12-13-26-22(29-21)16-2-1-3-18(25)14-16/h1-14H,(H,28,30)(H,26,27,29). The summed E-state index contributed by atoms with van der Waals surface area (Å²) in [6, 6.07) is 21.7. The minimum Gasteiger partial charge on any atom is -0.340 e. The van der Waals surface area contributed by atoms with E-state index in [1.165, 1.54) is 12.1 Å². The number of anilines is 3. The molecule has 0 bridgehead atoms. The Bertz CT molecular complexity index is 1180. The van der Waals surface area contributed by atoms with Crippen molar-refractivity contribution in [2.75, 3.05) is 10.6 Å². The molecule has 5 nitrogen and oxygen atoms in total. The maximum Gasteiger partial charge on any atom is 0.255 e. The first-order chi connectivity index (χ1) is 14.6. The topological polar surface area (TPSA) is 66.9 Å². The van der Waals surface area contributed by atoms with Crippen LogP contribution < -0.4 is 10.6 Å². The molecule has 0 unspecified atom stereocenters. The third kappa shape index (κ3) is 4.79. The van der Waals surface area contributed by atoms with E-state index in [9.17, 15) is 9.18 Å². The second-order valence-electron chi connectivity index (χ2n) is 6.44. The molecule has 0 spiro atoms. The lowest BCUT2D eigenvalue weighted by Crippen LogP contribution is -2.11. The van der Waals surface area contributed by atoms with E-state index >= 15 is 0 Å². The summed E-state index contributed by atoms with van der Waals surface area (Å²) in [7, 11) is 0. The van der Waals surface area contributed by atoms with Crippen molar-refractivity contribution in [2.24, 2.45) is 0 Å². The molecule has 2 N–H and O–H groups in total. The summed E-state index contributed by atoms with van der Waals surface area (Å²) in [4.78, 5) is 21.0. The van der Waals surface area contributed by atoms with Gasteiger partial charge in [0, 0.05) is 33.7 Å². The Kier molecular flexibility index (Phi) is 5.68. The van der Waals surface area contributed by atoms with Crippen LogP contribution in [0.2, 0.25) is 5.02 Å². The van der Waals surface area contributed by atoms with E-state index in [1.54, 1.807) is 72.9 Å². The smallest absolute Gasteiger partial charge is 0.255 e. The highest BCUT2D eigenvalue weighted by Gasteiger charge is 2.08. The average Bonchev–Trinajstić information content (AvgIpc) is 2.76. The Labute approximate surface area is 177 Å². The lowest BCUT2D eigenvalue weighted by atomic mass is 10.2. The summed E-state index contributed by atoms with van der Waals surface area (Å²) < 4.78 is 13.4. The maximum atomic E-state index is 13.4. The van der Waals surface area contributed by atoms with Gasteiger partial charge in [0.15, 0.2) is 5.82 Å². The first kappa shape index (κ1) is 19.5. The van der Waals surface area contributed by atoms with Gasteiger partial charge in [-0.2, -0.15) is 0 Å². The van der Waals surface area contributed by atoms with Gasteiger partial charge in [-0.1, -0.05) is 23.7 Å². The summed E-state index contributed by atoms with van der Waals surface area (Å²) in [5, 5.41) is 6.58. The molecule has 0 radical (unpaired) electrons. The Balaban J connectivity index is 1.45. The highest BCUT2D eigenvalue weighted by atomic mass is 35.5. The lowest BCUT2D eigenvalue weighted by molar-refractivity contribution is 0.102. The number of nitrogens with zero attached hydrogens (tertiary/aromatic N) is 2. The number of nitrogens with one attached hydrogen (secondary N) is 2. The van der Waals surface area contributed by atoms with Crippen LogP contribution in [-0.4, -0.2) is 15.9 Å². The number of benzene rings is 3. The molecule has 0 aliphatic carbocycles. The van der Waals surface area contributed by atoms with Gasteiger partial charge < -0.3 is 10.6 Å². The first-order valence-electron chi connectivity index (χ1n) is 9.10. The van der Waals surface area contributed by atoms with Crippen LogP contribution in [0.3, 0.4) is 0 Å². The molecular weight excluding hydrogens is 403 g/mol. The Morgan fingerprint density at radius 1 is 0.900 bits per heavy atom. The molecule has 4 aromatic rings. The molecule has 3 aromatic carbocycles. The van der Waals surface area contributed by atoms with Crippen molar-refractivity contribution in [1.82, 2.24) is 9.97 Å². The van der Waals surface area contributed by atoms with Crippen LogP contribution in [0.5, 0.6) is 0 Å². The van der Waals surface area contributed by atoms with Crippen molar-refractivity contribution >= 4 is 34.7 Å². The molecule has 0 aliphatic rings. The van der Waals surface area contributed by atoms with Crippen LogP contribution in [0.15, 0.2) is 85.1 Å². The van der Waals surface area contributed by atoms with E-state index in [0.29, 0.717) is 33.5 Å². The third-order valence-electron chi connectivity index (χ3n) is 4.26. The zero-order valence-corrected chi connectivity index (χ0v) is 16.4. The highest BCUT2D eigenvalue weighted by molar-refractivity contribution is 6.30. The van der Waals surface area contributed by atoms with Crippen molar-refractivity contribution in [1.29, 1.82) is 0 Å². The van der Waals surface area contributed by atoms with Crippen LogP contribution in [0.4, 0.5) is 21.6 Å². The van der Waals surface area contributed by atoms with Gasteiger partial charge in [-0.25, -0.2) is 14.4 Å². The van der Waals surface area contributed by atoms with Crippen LogP contribution >= 0.6 is 11.6 Å². The summed E-state index contributed by atoms with van der Waals surface area (Å²) in [5.41, 5.74) is 2.52. The largest absolute Gasteiger partial charge is 0.340 e. The van der Waals surface area contributed by atoms with E-state index in [0.717, 1.165) is 5.69 Å². The molecule has 0 atom stereocenters. The van der Waals surface area contributed by atoms with E-state index in [2.05, 4.69) is 20.6 Å². The monoisotopic (exact) mass is 418 g/mol. The molecule has 0 aliphatic heterocycles. The molecular formula is C23H16ClFN4O. The summed E-state index contributed by atoms with van der Waals surface area (Å²) in [6.07, 6.45) is 1.60. The molecule has 0 saturated heterocycles. The van der Waals surface area contributed by atoms with Crippen LogP contribution in [0.25, 0.3) is 11.4 Å². The Morgan fingerprint density at radius 3 is 2.37 bits per heavy atom. The number of hydrogen-bond acceptors (Lipinski definition) is 4. The van der Waals surface area contributed by atoms with E-state index in [1.807, 2.05) is 0 Å². The van der Waals surface area contributed by atoms with Crippen molar-refractivity contribution < 1.29 is 9.18 Å². The fourth-order valence-electron chi connectivity index (χ4n) is 2.78. The summed E-state index contributed by atoms with van der Waals surface area (Å²) in [5.74, 6) is 0.405. The number of amides is 1. The van der Waals surface area contributed by atoms with Gasteiger partial charge in [-0.05, 0) is 66.7 Å². The molecule has 7 heteroatoms. The SMILES string of the molecule is O=C(Nc1ccc(Cl)cc1)c1ccc(Nc2ccnc(-c3cccc(F)c3)n2)cc1. The number of halogens is 2. The molecule has 1 heterocycles. The van der Waals surface area contributed by atoms with Gasteiger partial charge in [-0.15, -0.1) is 0 Å². The molecule has 4 rings (SSSR count). The molecule has 0 fully saturated rings. The third-order valence-corrected chi connectivity index (χ3v) is 4.51. The summed E-state index contributed by atoms with van der Waals surface area (Å²) in [6.45, 7) is 0. The molecule has 0 saturated carbocycles. The molecule has 1 amide bonds. The van der Waals surface area contributed by atoms with E-state index in [4.69, 9.17) is 11.6 Å². The van der Waals surface area contributed by atoms with E-state index < -0.39 is 0 Å². The summed E-state index contributed by atoms with van der Waals surface area (Å²) >= 11 is 5.86. The van der Waals surface area contributed by atoms with Crippen molar-refractivity contribution in [3.8, 4) is 11.4 Å². The van der Waals surface area contributed by atoms with Gasteiger partial charge in [0.05, 0.1) is 0 Å². The van der Waals surface area contributed by atoms with Gasteiger partial charge in [-0.3, -0.25) is 4.79 Å². The first-order valence-corrected chi connectivity index (χ1v) is 9.48. The van der Waals surface area contributed by atoms with Gasteiger partial charge in [0.25, 0.3) is 5.91 Å². The second kappa shape index (κ2) is 8.71. The number of carbonyl (C=O) groups excluding carboxylic acids is 1. The van der Waals surface area contributed by atoms with Crippen LogP contribution in [0.1, 0.15) is 10.4 Å². The average molecular weight is 419 g/mol. The normalized spacial score (nSPS) is 10.5. The van der Waals surface area contributed by atoms with Crippen molar-refractivity contribution in [2.45, 2.75) is 0 Å². The molecule has 1 aromatic heterocycles. The fourth-order valence-corrected chi connectivity index (χ4v) is 2.91. The van der Waals surface area contributed by atoms with Gasteiger partial charge >= 0.3 is 0 Å². The number of aromatic nitrogens is 2. The Hall–Kier alpha value is -3.77. The van der Waals surface area contributed by atoms with Gasteiger partial charge in [0.2, 0.25) is 0 Å². The van der Waals surface area contributed by atoms with Crippen LogP contribution in [-0.2, 0) is 0 Å². The van der Waals surface area contributed by atoms with Crippen molar-refractivity contribution in [3.05, 3.63) is 101 Å². The number of rotatable bonds is 5. The van der Waals surface area contributed by atoms with Crippen LogP contribution in [0, 0.1) is 5.82 Å². The van der Waals surface area contributed by atoms with Gasteiger partial charge in [0.1, 0.15) is 11.6 Å². The second-order valence-corrected chi connectivity index (χ2v) is 6.88. The minimum atomic E-state index is -0.345. The van der Waals surface area contributed by atoms with Crippen molar-refractivity contribution in [3.63, 3.8) is 0 Å².